The zero-order chi connectivity index (χ0) is 11.0. The lowest BCUT2D eigenvalue weighted by Gasteiger charge is -2.04. The minimum absolute atomic E-state index is 0.159. The predicted octanol–water partition coefficient (Wildman–Crippen LogP) is 1.50. The highest BCUT2D eigenvalue weighted by atomic mass is 16.7. The molecule has 0 aromatic heterocycles. The van der Waals surface area contributed by atoms with Gasteiger partial charge in [0.1, 0.15) is 0 Å². The Labute approximate surface area is 86.8 Å². The van der Waals surface area contributed by atoms with Gasteiger partial charge in [0.05, 0.1) is 0 Å². The van der Waals surface area contributed by atoms with E-state index < -0.39 is 11.6 Å². The molecule has 0 bridgehead atoms. The van der Waals surface area contributed by atoms with Gasteiger partial charge in [0.15, 0.2) is 17.3 Å². The second-order valence-corrected chi connectivity index (χ2v) is 3.41. The summed E-state index contributed by atoms with van der Waals surface area (Å²) < 4.78 is 10.3. The number of benzene rings is 1. The minimum Gasteiger partial charge on any atom is -0.454 e. The number of carbonyl (C=O) groups excluding carboxylic acids is 2. The van der Waals surface area contributed by atoms with Crippen LogP contribution >= 0.6 is 0 Å². The molecule has 1 aromatic rings. The Morgan fingerprint density at radius 1 is 1.20 bits per heavy atom. The van der Waals surface area contributed by atoms with Crippen LogP contribution in [0.5, 0.6) is 11.5 Å². The number of Topliss-reactive ketones (excluding diaryl/α,β-unsaturated/α-hetero) is 2. The van der Waals surface area contributed by atoms with Gasteiger partial charge >= 0.3 is 0 Å². The maximum atomic E-state index is 11.5. The van der Waals surface area contributed by atoms with Crippen molar-refractivity contribution in [1.29, 1.82) is 0 Å². The SMILES string of the molecule is CC(=O)C(=O)c1cc2c(cc1C)OCO2. The first kappa shape index (κ1) is 9.71. The molecule has 0 fully saturated rings. The first-order chi connectivity index (χ1) is 7.09. The number of ether oxygens (including phenoxy) is 2. The van der Waals surface area contributed by atoms with Crippen molar-refractivity contribution in [3.63, 3.8) is 0 Å². The molecule has 1 aliphatic heterocycles. The molecule has 0 atom stereocenters. The largest absolute Gasteiger partial charge is 0.454 e. The topological polar surface area (TPSA) is 52.6 Å². The molecule has 1 aromatic carbocycles. The van der Waals surface area contributed by atoms with E-state index in [9.17, 15) is 9.59 Å². The summed E-state index contributed by atoms with van der Waals surface area (Å²) in [6, 6.07) is 3.26. The number of hydrogen-bond donors (Lipinski definition) is 0. The van der Waals surface area contributed by atoms with Gasteiger partial charge in [-0.3, -0.25) is 9.59 Å². The third kappa shape index (κ3) is 1.58. The third-order valence-corrected chi connectivity index (χ3v) is 2.28. The molecular weight excluding hydrogens is 196 g/mol. The molecule has 0 amide bonds. The van der Waals surface area contributed by atoms with Gasteiger partial charge < -0.3 is 9.47 Å². The summed E-state index contributed by atoms with van der Waals surface area (Å²) >= 11 is 0. The van der Waals surface area contributed by atoms with Crippen LogP contribution in [0, 0.1) is 6.92 Å². The Kier molecular flexibility index (Phi) is 2.19. The average Bonchev–Trinajstić information content (AvgIpc) is 2.62. The van der Waals surface area contributed by atoms with Crippen molar-refractivity contribution in [1.82, 2.24) is 0 Å². The zero-order valence-electron chi connectivity index (χ0n) is 8.49. The first-order valence-electron chi connectivity index (χ1n) is 4.55. The van der Waals surface area contributed by atoms with E-state index in [-0.39, 0.29) is 6.79 Å². The minimum atomic E-state index is -0.495. The summed E-state index contributed by atoms with van der Waals surface area (Å²) in [7, 11) is 0. The van der Waals surface area contributed by atoms with E-state index in [0.29, 0.717) is 17.1 Å². The van der Waals surface area contributed by atoms with Crippen LogP contribution in [0.25, 0.3) is 0 Å². The number of rotatable bonds is 2. The second kappa shape index (κ2) is 3.38. The van der Waals surface area contributed by atoms with Gasteiger partial charge in [0.25, 0.3) is 0 Å². The summed E-state index contributed by atoms with van der Waals surface area (Å²) in [5.41, 5.74) is 1.10. The van der Waals surface area contributed by atoms with Crippen LogP contribution in [0.2, 0.25) is 0 Å². The fourth-order valence-electron chi connectivity index (χ4n) is 1.48. The van der Waals surface area contributed by atoms with Crippen LogP contribution in [0.3, 0.4) is 0 Å². The van der Waals surface area contributed by atoms with Crippen LogP contribution in [0.1, 0.15) is 22.8 Å². The van der Waals surface area contributed by atoms with Gasteiger partial charge in [-0.15, -0.1) is 0 Å². The van der Waals surface area contributed by atoms with E-state index >= 15 is 0 Å². The standard InChI is InChI=1S/C11H10O4/c1-6-3-9-10(15-5-14-9)4-8(6)11(13)7(2)12/h3-4H,5H2,1-2H3. The molecule has 0 unspecified atom stereocenters. The quantitative estimate of drug-likeness (QED) is 0.543. The molecule has 4 nitrogen and oxygen atoms in total. The summed E-state index contributed by atoms with van der Waals surface area (Å²) in [5.74, 6) is 0.167. The molecule has 2 rings (SSSR count). The molecule has 0 N–H and O–H groups in total. The monoisotopic (exact) mass is 206 g/mol. The van der Waals surface area contributed by atoms with Crippen molar-refractivity contribution < 1.29 is 19.1 Å². The summed E-state index contributed by atoms with van der Waals surface area (Å²) in [6.45, 7) is 3.18. The highest BCUT2D eigenvalue weighted by Crippen LogP contribution is 2.34. The Balaban J connectivity index is 2.49. The first-order valence-corrected chi connectivity index (χ1v) is 4.55. The fraction of sp³-hybridized carbons (Fsp3) is 0.273. The predicted molar refractivity (Wildman–Crippen MR) is 52.3 cm³/mol. The third-order valence-electron chi connectivity index (χ3n) is 2.28. The molecule has 1 aliphatic rings. The molecule has 78 valence electrons. The van der Waals surface area contributed by atoms with E-state index in [1.54, 1.807) is 19.1 Å². The van der Waals surface area contributed by atoms with E-state index in [0.717, 1.165) is 5.56 Å². The number of carbonyl (C=O) groups is 2. The molecule has 0 saturated carbocycles. The summed E-state index contributed by atoms with van der Waals surface area (Å²) in [5, 5.41) is 0. The Morgan fingerprint density at radius 3 is 2.40 bits per heavy atom. The Hall–Kier alpha value is -1.84. The van der Waals surface area contributed by atoms with Crippen molar-refractivity contribution in [2.45, 2.75) is 13.8 Å². The zero-order valence-corrected chi connectivity index (χ0v) is 8.49. The van der Waals surface area contributed by atoms with Crippen LogP contribution in [0.4, 0.5) is 0 Å². The van der Waals surface area contributed by atoms with Crippen molar-refractivity contribution in [3.8, 4) is 11.5 Å². The molecule has 0 aliphatic carbocycles. The van der Waals surface area contributed by atoms with Gasteiger partial charge in [-0.25, -0.2) is 0 Å². The van der Waals surface area contributed by atoms with E-state index in [1.807, 2.05) is 0 Å². The van der Waals surface area contributed by atoms with Crippen LogP contribution < -0.4 is 9.47 Å². The number of fused-ring (bicyclic) bond motifs is 1. The van der Waals surface area contributed by atoms with Gasteiger partial charge in [-0.05, 0) is 24.6 Å². The van der Waals surface area contributed by atoms with Crippen LogP contribution in [0.15, 0.2) is 12.1 Å². The lowest BCUT2D eigenvalue weighted by atomic mass is 10.0. The Morgan fingerprint density at radius 2 is 1.80 bits per heavy atom. The van der Waals surface area contributed by atoms with Gasteiger partial charge in [-0.2, -0.15) is 0 Å². The maximum Gasteiger partial charge on any atom is 0.231 e. The van der Waals surface area contributed by atoms with Crippen molar-refractivity contribution in [2.75, 3.05) is 6.79 Å². The number of ketones is 2. The fourth-order valence-corrected chi connectivity index (χ4v) is 1.48. The van der Waals surface area contributed by atoms with Gasteiger partial charge in [0, 0.05) is 12.5 Å². The summed E-state index contributed by atoms with van der Waals surface area (Å²) in [4.78, 5) is 22.5. The maximum absolute atomic E-state index is 11.5. The second-order valence-electron chi connectivity index (χ2n) is 3.41. The molecular formula is C11H10O4. The average molecular weight is 206 g/mol. The van der Waals surface area contributed by atoms with E-state index in [4.69, 9.17) is 9.47 Å². The highest BCUT2D eigenvalue weighted by molar-refractivity contribution is 6.43. The van der Waals surface area contributed by atoms with E-state index in [2.05, 4.69) is 0 Å². The van der Waals surface area contributed by atoms with Crippen LogP contribution in [-0.4, -0.2) is 18.4 Å². The van der Waals surface area contributed by atoms with Crippen LogP contribution in [-0.2, 0) is 4.79 Å². The van der Waals surface area contributed by atoms with Gasteiger partial charge in [0.2, 0.25) is 12.6 Å². The summed E-state index contributed by atoms with van der Waals surface area (Å²) in [6.07, 6.45) is 0. The molecule has 0 radical (unpaired) electrons. The molecule has 15 heavy (non-hydrogen) atoms. The molecule has 0 spiro atoms. The van der Waals surface area contributed by atoms with E-state index in [1.165, 1.54) is 6.92 Å². The van der Waals surface area contributed by atoms with Crippen molar-refractivity contribution >= 4 is 11.6 Å². The van der Waals surface area contributed by atoms with Crippen molar-refractivity contribution in [3.05, 3.63) is 23.3 Å². The smallest absolute Gasteiger partial charge is 0.231 e. The number of aryl methyl sites for hydroxylation is 1. The Bertz CT molecular complexity index is 448. The van der Waals surface area contributed by atoms with Gasteiger partial charge in [-0.1, -0.05) is 0 Å². The number of hydrogen-bond acceptors (Lipinski definition) is 4. The normalized spacial score (nSPS) is 12.7. The molecule has 1 heterocycles. The van der Waals surface area contributed by atoms with Crippen molar-refractivity contribution in [2.24, 2.45) is 0 Å². The lowest BCUT2D eigenvalue weighted by molar-refractivity contribution is -0.113. The molecule has 0 saturated heterocycles. The molecule has 4 heteroatoms. The lowest BCUT2D eigenvalue weighted by Crippen LogP contribution is -2.11. The highest BCUT2D eigenvalue weighted by Gasteiger charge is 2.20.